The standard InChI is InChI=1S/C6H13NO6.C6H13O9P/c7-6(13)5(12)4(11)3(10)2(9)1-8;7-1-3(8)5(10)6(11)4(9)2-15-16(12,13)14/h2-5,8-12H,1H2,(H2,7,13);4-7,9-11H,1-2H2,(H2,12,13,14)/t2-,3-,4+,5-;4-,5-,6-/m11/s1. The zero-order valence-electron chi connectivity index (χ0n) is 14.7. The molecule has 0 aromatic rings. The summed E-state index contributed by atoms with van der Waals surface area (Å²) in [4.78, 5) is 37.5. The molecule has 0 spiro atoms. The van der Waals surface area contributed by atoms with Crippen LogP contribution in [0.2, 0.25) is 0 Å². The summed E-state index contributed by atoms with van der Waals surface area (Å²) >= 11 is 0. The Hall–Kier alpha value is -1.11. The monoisotopic (exact) mass is 455 g/mol. The van der Waals surface area contributed by atoms with E-state index < -0.39 is 82.1 Å². The van der Waals surface area contributed by atoms with Crippen LogP contribution in [0.3, 0.4) is 0 Å². The van der Waals surface area contributed by atoms with Crippen molar-refractivity contribution in [3.05, 3.63) is 0 Å². The maximum absolute atomic E-state index is 10.7. The molecule has 0 aliphatic carbocycles. The van der Waals surface area contributed by atoms with Crippen LogP contribution in [0.25, 0.3) is 0 Å². The van der Waals surface area contributed by atoms with E-state index in [1.807, 2.05) is 0 Å². The maximum atomic E-state index is 10.7. The van der Waals surface area contributed by atoms with Gasteiger partial charge in [-0.2, -0.15) is 0 Å². The quantitative estimate of drug-likeness (QED) is 0.122. The van der Waals surface area contributed by atoms with Gasteiger partial charge in [-0.25, -0.2) is 4.57 Å². The summed E-state index contributed by atoms with van der Waals surface area (Å²) in [5.41, 5.74) is 4.61. The van der Waals surface area contributed by atoms with E-state index >= 15 is 0 Å². The van der Waals surface area contributed by atoms with Crippen LogP contribution in [0.15, 0.2) is 0 Å². The Bertz CT molecular complexity index is 541. The Morgan fingerprint density at radius 2 is 1.31 bits per heavy atom. The van der Waals surface area contributed by atoms with E-state index in [0.29, 0.717) is 0 Å². The number of phosphoric acid groups is 1. The molecule has 13 N–H and O–H groups in total. The first-order chi connectivity index (χ1) is 13.1. The molecule has 1 amide bonds. The van der Waals surface area contributed by atoms with Crippen LogP contribution in [0.5, 0.6) is 0 Å². The lowest BCUT2D eigenvalue weighted by Gasteiger charge is -2.23. The van der Waals surface area contributed by atoms with Crippen molar-refractivity contribution in [2.45, 2.75) is 42.7 Å². The lowest BCUT2D eigenvalue weighted by molar-refractivity contribution is -0.146. The number of primary amides is 1. The van der Waals surface area contributed by atoms with E-state index in [4.69, 9.17) is 55.7 Å². The summed E-state index contributed by atoms with van der Waals surface area (Å²) in [7, 11) is -4.81. The smallest absolute Gasteiger partial charge is 0.394 e. The Morgan fingerprint density at radius 3 is 1.66 bits per heavy atom. The maximum Gasteiger partial charge on any atom is 0.469 e. The molecular formula is C12H26NO15P. The molecule has 0 fully saturated rings. The molecule has 16 nitrogen and oxygen atoms in total. The van der Waals surface area contributed by atoms with Gasteiger partial charge in [0.1, 0.15) is 43.2 Å². The molecule has 0 rings (SSSR count). The number of amides is 1. The van der Waals surface area contributed by atoms with E-state index in [9.17, 15) is 14.2 Å². The summed E-state index contributed by atoms with van der Waals surface area (Å²) in [5.74, 6) is -2.36. The van der Waals surface area contributed by atoms with Gasteiger partial charge in [-0.15, -0.1) is 0 Å². The third-order valence-electron chi connectivity index (χ3n) is 3.16. The normalized spacial score (nSPS) is 19.0. The number of phosphoric ester groups is 1. The van der Waals surface area contributed by atoms with E-state index in [2.05, 4.69) is 10.3 Å². The van der Waals surface area contributed by atoms with Crippen molar-refractivity contribution in [3.63, 3.8) is 0 Å². The second-order valence-corrected chi connectivity index (χ2v) is 6.73. The topological polar surface area (TPSA) is 309 Å². The highest BCUT2D eigenvalue weighted by atomic mass is 31.2. The minimum atomic E-state index is -4.81. The van der Waals surface area contributed by atoms with Gasteiger partial charge in [0.2, 0.25) is 5.91 Å². The summed E-state index contributed by atoms with van der Waals surface area (Å²) < 4.78 is 14.1. The molecule has 0 unspecified atom stereocenters. The summed E-state index contributed by atoms with van der Waals surface area (Å²) in [6, 6.07) is 0. The molecule has 0 aromatic carbocycles. The number of rotatable bonds is 12. The average molecular weight is 455 g/mol. The van der Waals surface area contributed by atoms with Gasteiger partial charge < -0.3 is 61.5 Å². The van der Waals surface area contributed by atoms with Crippen molar-refractivity contribution in [2.75, 3.05) is 19.8 Å². The third-order valence-corrected chi connectivity index (χ3v) is 3.65. The number of aliphatic hydroxyl groups is 9. The van der Waals surface area contributed by atoms with Crippen molar-refractivity contribution in [1.82, 2.24) is 0 Å². The predicted octanol–water partition coefficient (Wildman–Crippen LogP) is -7.35. The molecule has 0 aromatic heterocycles. The average Bonchev–Trinajstić information content (AvgIpc) is 2.67. The van der Waals surface area contributed by atoms with E-state index in [-0.39, 0.29) is 0 Å². The van der Waals surface area contributed by atoms with E-state index in [1.165, 1.54) is 0 Å². The zero-order valence-corrected chi connectivity index (χ0v) is 15.6. The van der Waals surface area contributed by atoms with Gasteiger partial charge in [-0.1, -0.05) is 0 Å². The Labute approximate surface area is 163 Å². The first-order valence-corrected chi connectivity index (χ1v) is 9.13. The largest absolute Gasteiger partial charge is 0.469 e. The van der Waals surface area contributed by atoms with Gasteiger partial charge in [0.25, 0.3) is 0 Å². The van der Waals surface area contributed by atoms with Gasteiger partial charge in [-0.3, -0.25) is 14.1 Å². The van der Waals surface area contributed by atoms with Gasteiger partial charge in [-0.05, 0) is 0 Å². The van der Waals surface area contributed by atoms with Crippen molar-refractivity contribution >= 4 is 19.5 Å². The molecule has 0 saturated carbocycles. The fourth-order valence-electron chi connectivity index (χ4n) is 1.46. The molecule has 7 atom stereocenters. The lowest BCUT2D eigenvalue weighted by Crippen LogP contribution is -2.50. The number of nitrogens with two attached hydrogens (primary N) is 1. The van der Waals surface area contributed by atoms with Crippen molar-refractivity contribution in [2.24, 2.45) is 5.73 Å². The third kappa shape index (κ3) is 12.2. The highest BCUT2D eigenvalue weighted by molar-refractivity contribution is 7.46. The number of carbonyl (C=O) groups is 2. The fourth-order valence-corrected chi connectivity index (χ4v) is 1.80. The van der Waals surface area contributed by atoms with E-state index in [0.717, 1.165) is 0 Å². The zero-order chi connectivity index (χ0) is 23.5. The number of carbonyl (C=O) groups excluding carboxylic acids is 2. The molecule has 0 aliphatic rings. The highest BCUT2D eigenvalue weighted by Crippen LogP contribution is 2.35. The fraction of sp³-hybridized carbons (Fsp3) is 0.833. The molecule has 17 heteroatoms. The molecule has 0 aliphatic heterocycles. The minimum Gasteiger partial charge on any atom is -0.394 e. The molecule has 0 radical (unpaired) electrons. The summed E-state index contributed by atoms with van der Waals surface area (Å²) in [5, 5.41) is 79.5. The number of ketones is 1. The second-order valence-electron chi connectivity index (χ2n) is 5.49. The first-order valence-electron chi connectivity index (χ1n) is 7.60. The summed E-state index contributed by atoms with van der Waals surface area (Å²) in [6.07, 6.45) is -13.3. The van der Waals surface area contributed by atoms with Gasteiger partial charge in [0, 0.05) is 0 Å². The number of hydrogen-bond donors (Lipinski definition) is 12. The number of aliphatic hydroxyl groups excluding tert-OH is 9. The van der Waals surface area contributed by atoms with Gasteiger partial charge in [0.05, 0.1) is 13.2 Å². The SMILES string of the molecule is NC(=O)[C@H](O)[C@@H](O)[C@H](O)[C@H](O)CO.O=C(CO)[C@@H](O)[C@H](O)[C@H](O)COP(=O)(O)O. The van der Waals surface area contributed by atoms with Crippen LogP contribution in [-0.4, -0.2) is 130 Å². The Balaban J connectivity index is 0. The van der Waals surface area contributed by atoms with Crippen LogP contribution < -0.4 is 5.73 Å². The lowest BCUT2D eigenvalue weighted by atomic mass is 10.0. The highest BCUT2D eigenvalue weighted by Gasteiger charge is 2.33. The van der Waals surface area contributed by atoms with Crippen molar-refractivity contribution in [3.8, 4) is 0 Å². The minimum absolute atomic E-state index is 0.802. The molecule has 0 bridgehead atoms. The van der Waals surface area contributed by atoms with Crippen LogP contribution in [0.4, 0.5) is 0 Å². The number of hydrogen-bond acceptors (Lipinski definition) is 13. The van der Waals surface area contributed by atoms with Crippen LogP contribution in [0.1, 0.15) is 0 Å². The second kappa shape index (κ2) is 14.0. The Morgan fingerprint density at radius 1 is 0.828 bits per heavy atom. The molecule has 29 heavy (non-hydrogen) atoms. The molecule has 0 saturated heterocycles. The predicted molar refractivity (Wildman–Crippen MR) is 88.4 cm³/mol. The van der Waals surface area contributed by atoms with Crippen molar-refractivity contribution < 1.29 is 74.4 Å². The molecule has 174 valence electrons. The molecule has 0 heterocycles. The molecular weight excluding hydrogens is 429 g/mol. The van der Waals surface area contributed by atoms with Crippen LogP contribution in [-0.2, 0) is 18.7 Å². The first kappa shape index (κ1) is 30.1. The Kier molecular flexibility index (Phi) is 14.5. The van der Waals surface area contributed by atoms with Gasteiger partial charge in [0.15, 0.2) is 11.9 Å². The van der Waals surface area contributed by atoms with Gasteiger partial charge >= 0.3 is 7.82 Å². The van der Waals surface area contributed by atoms with Crippen LogP contribution >= 0.6 is 7.82 Å². The van der Waals surface area contributed by atoms with Crippen LogP contribution in [0, 0.1) is 0 Å². The van der Waals surface area contributed by atoms with Crippen molar-refractivity contribution in [1.29, 1.82) is 0 Å². The summed E-state index contributed by atoms with van der Waals surface area (Å²) in [6.45, 7) is -2.81. The van der Waals surface area contributed by atoms with E-state index in [1.54, 1.807) is 0 Å². The number of Topliss-reactive ketones (excluding diaryl/α,β-unsaturated/α-hetero) is 1.